The lowest BCUT2D eigenvalue weighted by atomic mass is 9.83. The van der Waals surface area contributed by atoms with Gasteiger partial charge in [-0.3, -0.25) is 4.79 Å². The fraction of sp³-hybridized carbons (Fsp3) is 0.533. The normalized spacial score (nSPS) is 17.4. The molecule has 1 saturated carbocycles. The number of nitrogen functional groups attached to an aromatic ring is 1. The third-order valence-electron chi connectivity index (χ3n) is 4.30. The zero-order valence-electron chi connectivity index (χ0n) is 11.3. The molecule has 1 amide bonds. The highest BCUT2D eigenvalue weighted by atomic mass is 79.9. The molecule has 2 rings (SSSR count). The molecule has 0 bridgehead atoms. The highest BCUT2D eigenvalue weighted by molar-refractivity contribution is 9.10. The van der Waals surface area contributed by atoms with Gasteiger partial charge in [0.25, 0.3) is 5.91 Å². The second kappa shape index (κ2) is 5.95. The molecule has 0 aromatic heterocycles. The van der Waals surface area contributed by atoms with E-state index in [0.717, 1.165) is 17.4 Å². The van der Waals surface area contributed by atoms with Crippen LogP contribution in [0.4, 0.5) is 5.69 Å². The Morgan fingerprint density at radius 1 is 1.42 bits per heavy atom. The van der Waals surface area contributed by atoms with E-state index in [4.69, 9.17) is 5.73 Å². The Kier molecular flexibility index (Phi) is 4.50. The number of benzene rings is 1. The van der Waals surface area contributed by atoms with Gasteiger partial charge in [-0.25, -0.2) is 0 Å². The fourth-order valence-corrected chi connectivity index (χ4v) is 3.08. The summed E-state index contributed by atoms with van der Waals surface area (Å²) in [5.41, 5.74) is 7.34. The molecule has 19 heavy (non-hydrogen) atoms. The summed E-state index contributed by atoms with van der Waals surface area (Å²) in [7, 11) is 0. The molecule has 3 nitrogen and oxygen atoms in total. The van der Waals surface area contributed by atoms with Crippen molar-refractivity contribution in [3.05, 3.63) is 28.2 Å². The number of nitrogens with two attached hydrogens (primary N) is 1. The molecule has 1 aliphatic carbocycles. The van der Waals surface area contributed by atoms with E-state index in [1.54, 1.807) is 12.1 Å². The molecule has 1 aliphatic rings. The van der Waals surface area contributed by atoms with Crippen molar-refractivity contribution in [1.29, 1.82) is 0 Å². The van der Waals surface area contributed by atoms with Gasteiger partial charge in [-0.1, -0.05) is 19.8 Å². The Balaban J connectivity index is 1.99. The average molecular weight is 325 g/mol. The number of hydrogen-bond acceptors (Lipinski definition) is 2. The molecule has 1 fully saturated rings. The van der Waals surface area contributed by atoms with Gasteiger partial charge in [0.1, 0.15) is 0 Å². The molecular weight excluding hydrogens is 304 g/mol. The van der Waals surface area contributed by atoms with E-state index in [1.165, 1.54) is 25.7 Å². The van der Waals surface area contributed by atoms with Gasteiger partial charge in [0, 0.05) is 22.3 Å². The van der Waals surface area contributed by atoms with Crippen LogP contribution in [0.5, 0.6) is 0 Å². The van der Waals surface area contributed by atoms with Crippen LogP contribution in [0, 0.1) is 5.41 Å². The third kappa shape index (κ3) is 3.30. The van der Waals surface area contributed by atoms with E-state index in [-0.39, 0.29) is 5.91 Å². The van der Waals surface area contributed by atoms with E-state index in [0.29, 0.717) is 16.7 Å². The van der Waals surface area contributed by atoms with Gasteiger partial charge in [0.15, 0.2) is 0 Å². The first-order chi connectivity index (χ1) is 9.06. The van der Waals surface area contributed by atoms with Gasteiger partial charge in [0.05, 0.1) is 0 Å². The van der Waals surface area contributed by atoms with Gasteiger partial charge in [0.2, 0.25) is 0 Å². The van der Waals surface area contributed by atoms with Crippen molar-refractivity contribution in [2.45, 2.75) is 39.0 Å². The molecule has 0 aliphatic heterocycles. The van der Waals surface area contributed by atoms with Crippen LogP contribution in [0.15, 0.2) is 22.7 Å². The second-order valence-electron chi connectivity index (χ2n) is 5.48. The van der Waals surface area contributed by atoms with E-state index < -0.39 is 0 Å². The summed E-state index contributed by atoms with van der Waals surface area (Å²) in [6.07, 6.45) is 6.16. The number of hydrogen-bond donors (Lipinski definition) is 2. The summed E-state index contributed by atoms with van der Waals surface area (Å²) in [4.78, 5) is 12.1. The zero-order valence-corrected chi connectivity index (χ0v) is 12.9. The summed E-state index contributed by atoms with van der Waals surface area (Å²) < 4.78 is 0.824. The Labute approximate surface area is 123 Å². The zero-order chi connectivity index (χ0) is 13.9. The first-order valence-electron chi connectivity index (χ1n) is 6.89. The molecule has 0 saturated heterocycles. The third-order valence-corrected chi connectivity index (χ3v) is 5.02. The number of carbonyl (C=O) groups is 1. The predicted octanol–water partition coefficient (Wildman–Crippen LogP) is 3.73. The molecule has 1 aromatic rings. The van der Waals surface area contributed by atoms with Crippen LogP contribution in [-0.4, -0.2) is 12.5 Å². The minimum Gasteiger partial charge on any atom is -0.398 e. The molecule has 1 aromatic carbocycles. The number of amides is 1. The van der Waals surface area contributed by atoms with E-state index in [1.807, 2.05) is 6.07 Å². The Morgan fingerprint density at radius 2 is 2.11 bits per heavy atom. The van der Waals surface area contributed by atoms with Crippen LogP contribution in [0.1, 0.15) is 49.4 Å². The van der Waals surface area contributed by atoms with Crippen molar-refractivity contribution in [1.82, 2.24) is 5.32 Å². The minimum absolute atomic E-state index is 0.0288. The van der Waals surface area contributed by atoms with Gasteiger partial charge in [-0.05, 0) is 58.8 Å². The maximum atomic E-state index is 12.1. The van der Waals surface area contributed by atoms with Crippen LogP contribution in [0.2, 0.25) is 0 Å². The van der Waals surface area contributed by atoms with Crippen molar-refractivity contribution in [2.24, 2.45) is 5.41 Å². The molecule has 3 N–H and O–H groups in total. The topological polar surface area (TPSA) is 55.1 Å². The highest BCUT2D eigenvalue weighted by Crippen LogP contribution is 2.40. The number of rotatable bonds is 4. The van der Waals surface area contributed by atoms with E-state index in [9.17, 15) is 4.79 Å². The molecule has 0 atom stereocenters. The highest BCUT2D eigenvalue weighted by Gasteiger charge is 2.32. The van der Waals surface area contributed by atoms with Crippen LogP contribution in [0.3, 0.4) is 0 Å². The molecule has 0 radical (unpaired) electrons. The summed E-state index contributed by atoms with van der Waals surface area (Å²) in [6, 6.07) is 5.32. The molecular formula is C15H21BrN2O. The number of anilines is 1. The molecule has 0 unspecified atom stereocenters. The quantitative estimate of drug-likeness (QED) is 0.829. The summed E-state index contributed by atoms with van der Waals surface area (Å²) in [5.74, 6) is -0.0288. The molecule has 0 spiro atoms. The first kappa shape index (κ1) is 14.4. The standard InChI is InChI=1S/C15H21BrN2O/c1-2-15(7-3-4-8-15)10-18-14(19)11-5-6-12(16)13(17)9-11/h5-6,9H,2-4,7-8,10,17H2,1H3,(H,18,19). The number of nitrogens with one attached hydrogen (secondary N) is 1. The minimum atomic E-state index is -0.0288. The monoisotopic (exact) mass is 324 g/mol. The fourth-order valence-electron chi connectivity index (χ4n) is 2.84. The smallest absolute Gasteiger partial charge is 0.251 e. The van der Waals surface area contributed by atoms with Crippen LogP contribution < -0.4 is 11.1 Å². The Bertz CT molecular complexity index is 467. The second-order valence-corrected chi connectivity index (χ2v) is 6.33. The van der Waals surface area contributed by atoms with E-state index >= 15 is 0 Å². The SMILES string of the molecule is CCC1(CNC(=O)c2ccc(Br)c(N)c2)CCCC1. The van der Waals surface area contributed by atoms with Crippen molar-refractivity contribution in [2.75, 3.05) is 12.3 Å². The summed E-state index contributed by atoms with van der Waals surface area (Å²) in [6.45, 7) is 2.99. The molecule has 4 heteroatoms. The van der Waals surface area contributed by atoms with Gasteiger partial charge < -0.3 is 11.1 Å². The number of carbonyl (C=O) groups excluding carboxylic acids is 1. The predicted molar refractivity (Wildman–Crippen MR) is 82.1 cm³/mol. The first-order valence-corrected chi connectivity index (χ1v) is 7.69. The average Bonchev–Trinajstić information content (AvgIpc) is 2.89. The van der Waals surface area contributed by atoms with Gasteiger partial charge >= 0.3 is 0 Å². The van der Waals surface area contributed by atoms with E-state index in [2.05, 4.69) is 28.2 Å². The lowest BCUT2D eigenvalue weighted by Crippen LogP contribution is -2.35. The number of halogens is 1. The van der Waals surface area contributed by atoms with Crippen molar-refractivity contribution >= 4 is 27.5 Å². The van der Waals surface area contributed by atoms with Crippen LogP contribution in [-0.2, 0) is 0 Å². The van der Waals surface area contributed by atoms with Crippen LogP contribution >= 0.6 is 15.9 Å². The van der Waals surface area contributed by atoms with Gasteiger partial charge in [-0.15, -0.1) is 0 Å². The van der Waals surface area contributed by atoms with Crippen molar-refractivity contribution < 1.29 is 4.79 Å². The van der Waals surface area contributed by atoms with Crippen LogP contribution in [0.25, 0.3) is 0 Å². The maximum Gasteiger partial charge on any atom is 0.251 e. The largest absolute Gasteiger partial charge is 0.398 e. The maximum absolute atomic E-state index is 12.1. The summed E-state index contributed by atoms with van der Waals surface area (Å²) in [5, 5.41) is 3.07. The lowest BCUT2D eigenvalue weighted by molar-refractivity contribution is 0.0929. The van der Waals surface area contributed by atoms with Crippen molar-refractivity contribution in [3.63, 3.8) is 0 Å². The Hall–Kier alpha value is -1.03. The lowest BCUT2D eigenvalue weighted by Gasteiger charge is -2.27. The molecule has 0 heterocycles. The molecule has 104 valence electrons. The Morgan fingerprint density at radius 3 is 2.68 bits per heavy atom. The summed E-state index contributed by atoms with van der Waals surface area (Å²) >= 11 is 3.33. The van der Waals surface area contributed by atoms with Crippen molar-refractivity contribution in [3.8, 4) is 0 Å². The van der Waals surface area contributed by atoms with Gasteiger partial charge in [-0.2, -0.15) is 0 Å².